The molecule has 14 heavy (non-hydrogen) atoms. The van der Waals surface area contributed by atoms with E-state index in [1.54, 1.807) is 11.3 Å². The van der Waals surface area contributed by atoms with Gasteiger partial charge >= 0.3 is 0 Å². The van der Waals surface area contributed by atoms with Crippen molar-refractivity contribution in [1.82, 2.24) is 5.32 Å². The Labute approximate surface area is 97.0 Å². The maximum Gasteiger partial charge on any atom is 0.0701 e. The molecule has 1 aromatic heterocycles. The number of hydrogen-bond acceptors (Lipinski definition) is 4. The molecule has 0 amide bonds. The van der Waals surface area contributed by atoms with Crippen molar-refractivity contribution in [2.75, 3.05) is 19.6 Å². The minimum atomic E-state index is 0.0741. The molecule has 1 rings (SSSR count). The van der Waals surface area contributed by atoms with Crippen LogP contribution >= 0.6 is 27.3 Å². The molecule has 1 unspecified atom stereocenters. The van der Waals surface area contributed by atoms with Gasteiger partial charge in [0.25, 0.3) is 0 Å². The minimum absolute atomic E-state index is 0.0741. The zero-order valence-electron chi connectivity index (χ0n) is 8.00. The molecule has 0 saturated heterocycles. The summed E-state index contributed by atoms with van der Waals surface area (Å²) in [5.74, 6) is 0. The van der Waals surface area contributed by atoms with Gasteiger partial charge < -0.3 is 16.8 Å². The number of thiophene rings is 1. The van der Waals surface area contributed by atoms with Gasteiger partial charge in [0.2, 0.25) is 0 Å². The van der Waals surface area contributed by atoms with Crippen molar-refractivity contribution in [2.45, 2.75) is 12.5 Å². The van der Waals surface area contributed by atoms with E-state index < -0.39 is 0 Å². The molecule has 0 aliphatic rings. The maximum absolute atomic E-state index is 5.66. The van der Waals surface area contributed by atoms with Crippen LogP contribution in [0.15, 0.2) is 15.9 Å². The third kappa shape index (κ3) is 4.52. The number of nitrogens with one attached hydrogen (secondary N) is 1. The lowest BCUT2D eigenvalue weighted by Gasteiger charge is -2.09. The summed E-state index contributed by atoms with van der Waals surface area (Å²) in [6, 6.07) is 4.29. The zero-order chi connectivity index (χ0) is 10.4. The first kappa shape index (κ1) is 12.1. The molecule has 1 heterocycles. The van der Waals surface area contributed by atoms with Crippen LogP contribution < -0.4 is 16.8 Å². The Morgan fingerprint density at radius 1 is 1.50 bits per heavy atom. The number of nitrogens with two attached hydrogens (primary N) is 2. The monoisotopic (exact) mass is 277 g/mol. The van der Waals surface area contributed by atoms with Gasteiger partial charge in [-0.15, -0.1) is 11.3 Å². The fourth-order valence-corrected chi connectivity index (χ4v) is 2.55. The summed E-state index contributed by atoms with van der Waals surface area (Å²) < 4.78 is 1.19. The first-order valence-electron chi connectivity index (χ1n) is 4.63. The van der Waals surface area contributed by atoms with Gasteiger partial charge in [-0.3, -0.25) is 0 Å². The highest BCUT2D eigenvalue weighted by Gasteiger charge is 1.99. The minimum Gasteiger partial charge on any atom is -0.329 e. The molecule has 3 nitrogen and oxygen atoms in total. The summed E-state index contributed by atoms with van der Waals surface area (Å²) >= 11 is 5.21. The highest BCUT2D eigenvalue weighted by molar-refractivity contribution is 9.11. The molecule has 5 N–H and O–H groups in total. The number of halogens is 1. The van der Waals surface area contributed by atoms with Gasteiger partial charge in [-0.1, -0.05) is 0 Å². The Kier molecular flexibility index (Phi) is 5.66. The van der Waals surface area contributed by atoms with Crippen molar-refractivity contribution in [3.63, 3.8) is 0 Å². The molecule has 0 aliphatic carbocycles. The molecule has 0 radical (unpaired) electrons. The fourth-order valence-electron chi connectivity index (χ4n) is 1.07. The summed E-state index contributed by atoms with van der Waals surface area (Å²) in [5.41, 5.74) is 11.1. The van der Waals surface area contributed by atoms with Gasteiger partial charge in [-0.25, -0.2) is 0 Å². The van der Waals surface area contributed by atoms with Gasteiger partial charge in [0.05, 0.1) is 3.79 Å². The van der Waals surface area contributed by atoms with E-state index in [0.29, 0.717) is 6.54 Å². The van der Waals surface area contributed by atoms with Gasteiger partial charge in [0.15, 0.2) is 0 Å². The molecular weight excluding hydrogens is 262 g/mol. The van der Waals surface area contributed by atoms with Crippen molar-refractivity contribution in [3.05, 3.63) is 20.8 Å². The van der Waals surface area contributed by atoms with Gasteiger partial charge in [-0.05, 0) is 34.5 Å². The lowest BCUT2D eigenvalue weighted by Crippen LogP contribution is -2.40. The van der Waals surface area contributed by atoms with Gasteiger partial charge in [0, 0.05) is 30.6 Å². The lowest BCUT2D eigenvalue weighted by molar-refractivity contribution is 0.584. The number of rotatable bonds is 6. The van der Waals surface area contributed by atoms with Crippen LogP contribution in [0.5, 0.6) is 0 Å². The van der Waals surface area contributed by atoms with Crippen LogP contribution in [0.1, 0.15) is 4.88 Å². The Hall–Kier alpha value is 0.0600. The molecule has 0 bridgehead atoms. The van der Waals surface area contributed by atoms with Crippen molar-refractivity contribution in [3.8, 4) is 0 Å². The van der Waals surface area contributed by atoms with Crippen LogP contribution in [0.2, 0.25) is 0 Å². The van der Waals surface area contributed by atoms with Crippen LogP contribution in [-0.4, -0.2) is 25.7 Å². The molecule has 0 spiro atoms. The summed E-state index contributed by atoms with van der Waals surface area (Å²) in [5, 5.41) is 3.28. The van der Waals surface area contributed by atoms with Crippen molar-refractivity contribution >= 4 is 27.3 Å². The third-order valence-corrected chi connectivity index (χ3v) is 3.57. The highest BCUT2D eigenvalue weighted by Crippen LogP contribution is 2.21. The smallest absolute Gasteiger partial charge is 0.0701 e. The van der Waals surface area contributed by atoms with Crippen LogP contribution in [0.25, 0.3) is 0 Å². The predicted molar refractivity (Wildman–Crippen MR) is 65.6 cm³/mol. The SMILES string of the molecule is NCC(N)CNCCc1ccc(Br)s1. The summed E-state index contributed by atoms with van der Waals surface area (Å²) in [6.07, 6.45) is 1.05. The standard InChI is InChI=1S/C9H16BrN3S/c10-9-2-1-8(14-9)3-4-13-6-7(12)5-11/h1-2,7,13H,3-6,11-12H2. The largest absolute Gasteiger partial charge is 0.329 e. The fraction of sp³-hybridized carbons (Fsp3) is 0.556. The van der Waals surface area contributed by atoms with Crippen LogP contribution in [-0.2, 0) is 6.42 Å². The maximum atomic E-state index is 5.66. The van der Waals surface area contributed by atoms with Crippen LogP contribution in [0.4, 0.5) is 0 Å². The Morgan fingerprint density at radius 2 is 2.29 bits per heavy atom. The van der Waals surface area contributed by atoms with E-state index in [-0.39, 0.29) is 6.04 Å². The normalized spacial score (nSPS) is 13.1. The van der Waals surface area contributed by atoms with Crippen molar-refractivity contribution in [2.24, 2.45) is 11.5 Å². The quantitative estimate of drug-likeness (QED) is 0.678. The Morgan fingerprint density at radius 3 is 2.86 bits per heavy atom. The Bertz CT molecular complexity index is 264. The first-order valence-corrected chi connectivity index (χ1v) is 6.24. The predicted octanol–water partition coefficient (Wildman–Crippen LogP) is 0.929. The molecule has 1 aromatic rings. The third-order valence-electron chi connectivity index (χ3n) is 1.89. The molecule has 5 heteroatoms. The van der Waals surface area contributed by atoms with E-state index in [0.717, 1.165) is 19.5 Å². The van der Waals surface area contributed by atoms with Gasteiger partial charge in [0.1, 0.15) is 0 Å². The Balaban J connectivity index is 2.10. The molecule has 1 atom stereocenters. The van der Waals surface area contributed by atoms with E-state index >= 15 is 0 Å². The second kappa shape index (κ2) is 6.53. The second-order valence-corrected chi connectivity index (χ2v) is 5.70. The van der Waals surface area contributed by atoms with E-state index in [2.05, 4.69) is 33.4 Å². The topological polar surface area (TPSA) is 64.1 Å². The second-order valence-electron chi connectivity index (χ2n) is 3.16. The molecular formula is C9H16BrN3S. The van der Waals surface area contributed by atoms with E-state index in [1.807, 2.05) is 0 Å². The molecule has 80 valence electrons. The van der Waals surface area contributed by atoms with Crippen LogP contribution in [0.3, 0.4) is 0 Å². The molecule has 0 saturated carbocycles. The number of hydrogen-bond donors (Lipinski definition) is 3. The van der Waals surface area contributed by atoms with Gasteiger partial charge in [-0.2, -0.15) is 0 Å². The summed E-state index contributed by atoms with van der Waals surface area (Å²) in [4.78, 5) is 1.38. The summed E-state index contributed by atoms with van der Waals surface area (Å²) in [7, 11) is 0. The van der Waals surface area contributed by atoms with E-state index in [4.69, 9.17) is 11.5 Å². The summed E-state index contributed by atoms with van der Waals surface area (Å²) in [6.45, 7) is 2.29. The highest BCUT2D eigenvalue weighted by atomic mass is 79.9. The average Bonchev–Trinajstić information content (AvgIpc) is 2.58. The zero-order valence-corrected chi connectivity index (χ0v) is 10.4. The van der Waals surface area contributed by atoms with Crippen LogP contribution in [0, 0.1) is 0 Å². The molecule has 0 aromatic carbocycles. The lowest BCUT2D eigenvalue weighted by atomic mass is 10.3. The van der Waals surface area contributed by atoms with E-state index in [9.17, 15) is 0 Å². The van der Waals surface area contributed by atoms with E-state index in [1.165, 1.54) is 8.66 Å². The average molecular weight is 278 g/mol. The van der Waals surface area contributed by atoms with Crippen molar-refractivity contribution < 1.29 is 0 Å². The molecule has 0 fully saturated rings. The molecule has 0 aliphatic heterocycles. The first-order chi connectivity index (χ1) is 6.72. The van der Waals surface area contributed by atoms with Crippen molar-refractivity contribution in [1.29, 1.82) is 0 Å².